The van der Waals surface area contributed by atoms with Crippen molar-refractivity contribution < 1.29 is 24.2 Å². The van der Waals surface area contributed by atoms with E-state index in [1.165, 1.54) is 7.11 Å². The number of nitrogens with zero attached hydrogens (tertiary/aromatic N) is 1. The van der Waals surface area contributed by atoms with Gasteiger partial charge in [0, 0.05) is 17.5 Å². The Morgan fingerprint density at radius 1 is 1.23 bits per heavy atom. The van der Waals surface area contributed by atoms with Crippen molar-refractivity contribution in [3.8, 4) is 5.75 Å². The average molecular weight is 442 g/mol. The van der Waals surface area contributed by atoms with Crippen molar-refractivity contribution in [3.63, 3.8) is 0 Å². The standard InChI is InChI=1S/C22H19NO5S2/c1-13-4-3-5-15(8-13)17(24)11-16-7-6-14(9-18(16)28-2)10-19-21(27)23(12-20(25)26)22(29)30-19/h3-10H,11-12H2,1-2H3,(H,25,26)/b19-10-. The summed E-state index contributed by atoms with van der Waals surface area (Å²) in [6.07, 6.45) is 1.82. The van der Waals surface area contributed by atoms with Gasteiger partial charge in [-0.15, -0.1) is 0 Å². The molecule has 1 fully saturated rings. The third-order valence-corrected chi connectivity index (χ3v) is 5.84. The number of benzene rings is 2. The quantitative estimate of drug-likeness (QED) is 0.398. The number of ether oxygens (including phenoxy) is 1. The molecule has 0 aromatic heterocycles. The second kappa shape index (κ2) is 9.23. The molecule has 0 radical (unpaired) electrons. The van der Waals surface area contributed by atoms with Crippen LogP contribution in [0.2, 0.25) is 0 Å². The highest BCUT2D eigenvalue weighted by atomic mass is 32.2. The van der Waals surface area contributed by atoms with Crippen molar-refractivity contribution in [1.82, 2.24) is 4.90 Å². The summed E-state index contributed by atoms with van der Waals surface area (Å²) >= 11 is 6.16. The molecule has 3 rings (SSSR count). The topological polar surface area (TPSA) is 83.9 Å². The zero-order chi connectivity index (χ0) is 21.8. The molecule has 6 nitrogen and oxygen atoms in total. The van der Waals surface area contributed by atoms with Gasteiger partial charge in [0.1, 0.15) is 16.6 Å². The highest BCUT2D eigenvalue weighted by Crippen LogP contribution is 2.33. The Hall–Kier alpha value is -2.97. The molecule has 30 heavy (non-hydrogen) atoms. The van der Waals surface area contributed by atoms with Crippen LogP contribution in [0, 0.1) is 6.92 Å². The number of carbonyl (C=O) groups excluding carboxylic acids is 2. The van der Waals surface area contributed by atoms with Crippen molar-refractivity contribution in [2.45, 2.75) is 13.3 Å². The van der Waals surface area contributed by atoms with Crippen LogP contribution in [-0.2, 0) is 16.0 Å². The Morgan fingerprint density at radius 2 is 2.00 bits per heavy atom. The minimum atomic E-state index is -1.13. The summed E-state index contributed by atoms with van der Waals surface area (Å²) in [5.41, 5.74) is 3.08. The monoisotopic (exact) mass is 441 g/mol. The lowest BCUT2D eigenvalue weighted by Crippen LogP contribution is -2.33. The number of methoxy groups -OCH3 is 1. The minimum absolute atomic E-state index is 0.0145. The number of hydrogen-bond acceptors (Lipinski definition) is 6. The van der Waals surface area contributed by atoms with E-state index in [1.54, 1.807) is 30.3 Å². The number of rotatable bonds is 7. The van der Waals surface area contributed by atoms with Crippen LogP contribution in [0.4, 0.5) is 0 Å². The molecule has 1 saturated heterocycles. The largest absolute Gasteiger partial charge is 0.496 e. The minimum Gasteiger partial charge on any atom is -0.496 e. The summed E-state index contributed by atoms with van der Waals surface area (Å²) in [5.74, 6) is -1.05. The average Bonchev–Trinajstić information content (AvgIpc) is 2.96. The number of aliphatic carboxylic acids is 1. The fourth-order valence-electron chi connectivity index (χ4n) is 3.01. The Kier molecular flexibility index (Phi) is 6.69. The number of thioether (sulfide) groups is 1. The lowest BCUT2D eigenvalue weighted by molar-refractivity contribution is -0.140. The van der Waals surface area contributed by atoms with Gasteiger partial charge in [0.2, 0.25) is 0 Å². The van der Waals surface area contributed by atoms with Crippen LogP contribution in [0.15, 0.2) is 47.4 Å². The van der Waals surface area contributed by atoms with Crippen molar-refractivity contribution in [1.29, 1.82) is 0 Å². The van der Waals surface area contributed by atoms with Crippen molar-refractivity contribution in [2.75, 3.05) is 13.7 Å². The molecule has 0 saturated carbocycles. The molecule has 1 aliphatic rings. The lowest BCUT2D eigenvalue weighted by Gasteiger charge is -2.10. The molecule has 2 aromatic carbocycles. The number of carboxylic acid groups (broad SMARTS) is 1. The lowest BCUT2D eigenvalue weighted by atomic mass is 9.99. The highest BCUT2D eigenvalue weighted by Gasteiger charge is 2.33. The van der Waals surface area contributed by atoms with Gasteiger partial charge in [-0.1, -0.05) is 59.9 Å². The molecule has 1 aliphatic heterocycles. The third kappa shape index (κ3) is 4.95. The van der Waals surface area contributed by atoms with Gasteiger partial charge < -0.3 is 9.84 Å². The smallest absolute Gasteiger partial charge is 0.323 e. The molecule has 0 aliphatic carbocycles. The molecule has 1 heterocycles. The Morgan fingerprint density at radius 3 is 2.67 bits per heavy atom. The summed E-state index contributed by atoms with van der Waals surface area (Å²) in [4.78, 5) is 37.3. The first-order chi connectivity index (χ1) is 14.3. The first kappa shape index (κ1) is 21.7. The Labute approximate surface area is 183 Å². The van der Waals surface area contributed by atoms with Gasteiger partial charge in [-0.2, -0.15) is 0 Å². The van der Waals surface area contributed by atoms with Gasteiger partial charge in [-0.3, -0.25) is 19.3 Å². The SMILES string of the molecule is COc1cc(/C=C2\SC(=S)N(CC(=O)O)C2=O)ccc1CC(=O)c1cccc(C)c1. The number of carboxylic acids is 1. The third-order valence-electron chi connectivity index (χ3n) is 4.47. The first-order valence-electron chi connectivity index (χ1n) is 9.02. The van der Waals surface area contributed by atoms with Gasteiger partial charge >= 0.3 is 5.97 Å². The van der Waals surface area contributed by atoms with E-state index >= 15 is 0 Å². The fourth-order valence-corrected chi connectivity index (χ4v) is 4.27. The number of carbonyl (C=O) groups is 3. The summed E-state index contributed by atoms with van der Waals surface area (Å²) in [5, 5.41) is 8.93. The second-order valence-corrected chi connectivity index (χ2v) is 8.38. The predicted molar refractivity (Wildman–Crippen MR) is 120 cm³/mol. The highest BCUT2D eigenvalue weighted by molar-refractivity contribution is 8.26. The number of hydrogen-bond donors (Lipinski definition) is 1. The molecule has 2 aromatic rings. The number of ketones is 1. The number of amides is 1. The van der Waals surface area contributed by atoms with E-state index in [0.29, 0.717) is 21.8 Å². The van der Waals surface area contributed by atoms with E-state index in [0.717, 1.165) is 27.8 Å². The second-order valence-electron chi connectivity index (χ2n) is 6.70. The van der Waals surface area contributed by atoms with Crippen LogP contribution in [0.5, 0.6) is 5.75 Å². The van der Waals surface area contributed by atoms with E-state index in [2.05, 4.69) is 0 Å². The Bertz CT molecular complexity index is 1080. The molecule has 1 amide bonds. The predicted octanol–water partition coefficient (Wildman–Crippen LogP) is 3.71. The van der Waals surface area contributed by atoms with Crippen LogP contribution in [0.1, 0.15) is 27.0 Å². The molecule has 1 N–H and O–H groups in total. The molecule has 8 heteroatoms. The number of Topliss-reactive ketones (excluding diaryl/α,β-unsaturated/α-hetero) is 1. The van der Waals surface area contributed by atoms with E-state index in [9.17, 15) is 14.4 Å². The molecular weight excluding hydrogens is 422 g/mol. The van der Waals surface area contributed by atoms with Gasteiger partial charge in [0.25, 0.3) is 5.91 Å². The summed E-state index contributed by atoms with van der Waals surface area (Å²) < 4.78 is 5.65. The van der Waals surface area contributed by atoms with Crippen molar-refractivity contribution >= 4 is 52.0 Å². The van der Waals surface area contributed by atoms with Crippen LogP contribution in [-0.4, -0.2) is 45.6 Å². The van der Waals surface area contributed by atoms with Gasteiger partial charge in [-0.05, 0) is 30.7 Å². The maximum Gasteiger partial charge on any atom is 0.323 e. The maximum absolute atomic E-state index is 12.6. The van der Waals surface area contributed by atoms with Crippen LogP contribution >= 0.6 is 24.0 Å². The molecule has 0 bridgehead atoms. The Balaban J connectivity index is 1.81. The van der Waals surface area contributed by atoms with E-state index in [-0.39, 0.29) is 16.5 Å². The van der Waals surface area contributed by atoms with Crippen molar-refractivity contribution in [3.05, 3.63) is 69.6 Å². The van der Waals surface area contributed by atoms with Crippen molar-refractivity contribution in [2.24, 2.45) is 0 Å². The van der Waals surface area contributed by atoms with Gasteiger partial charge in [0.15, 0.2) is 5.78 Å². The zero-order valence-electron chi connectivity index (χ0n) is 16.4. The maximum atomic E-state index is 12.6. The first-order valence-corrected chi connectivity index (χ1v) is 10.2. The molecule has 0 atom stereocenters. The van der Waals surface area contributed by atoms with E-state index in [1.807, 2.05) is 25.1 Å². The van der Waals surface area contributed by atoms with Crippen LogP contribution in [0.25, 0.3) is 6.08 Å². The fraction of sp³-hybridized carbons (Fsp3) is 0.182. The number of aryl methyl sites for hydroxylation is 1. The molecule has 0 unspecified atom stereocenters. The van der Waals surface area contributed by atoms with E-state index < -0.39 is 18.4 Å². The van der Waals surface area contributed by atoms with Gasteiger partial charge in [-0.25, -0.2) is 0 Å². The van der Waals surface area contributed by atoms with Crippen LogP contribution in [0.3, 0.4) is 0 Å². The summed E-state index contributed by atoms with van der Waals surface area (Å²) in [7, 11) is 1.52. The zero-order valence-corrected chi connectivity index (χ0v) is 18.0. The summed E-state index contributed by atoms with van der Waals surface area (Å²) in [6.45, 7) is 1.47. The molecular formula is C22H19NO5S2. The van der Waals surface area contributed by atoms with E-state index in [4.69, 9.17) is 22.1 Å². The molecule has 154 valence electrons. The summed E-state index contributed by atoms with van der Waals surface area (Å²) in [6, 6.07) is 12.7. The molecule has 0 spiro atoms. The number of thiocarbonyl (C=S) groups is 1. The van der Waals surface area contributed by atoms with Gasteiger partial charge in [0.05, 0.1) is 12.0 Å². The van der Waals surface area contributed by atoms with Crippen LogP contribution < -0.4 is 4.74 Å². The normalized spacial score (nSPS) is 15.0.